The van der Waals surface area contributed by atoms with Crippen LogP contribution in [0.5, 0.6) is 0 Å². The molecule has 0 unspecified atom stereocenters. The van der Waals surface area contributed by atoms with Gasteiger partial charge >= 0.3 is 0 Å². The second-order valence-corrected chi connectivity index (χ2v) is 10.4. The lowest BCUT2D eigenvalue weighted by Gasteiger charge is -2.26. The highest BCUT2D eigenvalue weighted by molar-refractivity contribution is 7.89. The van der Waals surface area contributed by atoms with Crippen LogP contribution < -0.4 is 5.32 Å². The summed E-state index contributed by atoms with van der Waals surface area (Å²) < 4.78 is 43.5. The van der Waals surface area contributed by atoms with Crippen molar-refractivity contribution in [2.45, 2.75) is 17.9 Å². The predicted molar refractivity (Wildman–Crippen MR) is 121 cm³/mol. The standard InChI is InChI=1S/C22H18FN5O3S2/c23-19-11-17(4-5-20(19)28-14-24-13-25-28)26-22(29)15-2-1-3-18(10-15)33(30,31)27-8-6-21-16(12-27)7-9-32-21/h1-5,7,9-11,13-14H,6,8,12H2,(H,26,29). The quantitative estimate of drug-likeness (QED) is 0.469. The molecule has 33 heavy (non-hydrogen) atoms. The van der Waals surface area contributed by atoms with E-state index in [1.54, 1.807) is 11.3 Å². The molecule has 3 heterocycles. The Bertz CT molecular complexity index is 1430. The zero-order valence-corrected chi connectivity index (χ0v) is 18.8. The van der Waals surface area contributed by atoms with Gasteiger partial charge in [-0.05, 0) is 59.8 Å². The fraction of sp³-hybridized carbons (Fsp3) is 0.136. The molecule has 11 heteroatoms. The van der Waals surface area contributed by atoms with Crippen LogP contribution in [-0.2, 0) is 23.0 Å². The van der Waals surface area contributed by atoms with Gasteiger partial charge < -0.3 is 5.32 Å². The molecule has 8 nitrogen and oxygen atoms in total. The highest BCUT2D eigenvalue weighted by Crippen LogP contribution is 2.28. The van der Waals surface area contributed by atoms with Crippen LogP contribution in [0.2, 0.25) is 0 Å². The lowest BCUT2D eigenvalue weighted by Crippen LogP contribution is -2.35. The van der Waals surface area contributed by atoms with Gasteiger partial charge in [0.25, 0.3) is 5.91 Å². The van der Waals surface area contributed by atoms with Gasteiger partial charge in [-0.25, -0.2) is 22.5 Å². The van der Waals surface area contributed by atoms with Crippen molar-refractivity contribution < 1.29 is 17.6 Å². The number of benzene rings is 2. The van der Waals surface area contributed by atoms with E-state index in [1.807, 2.05) is 11.4 Å². The van der Waals surface area contributed by atoms with E-state index >= 15 is 0 Å². The number of thiophene rings is 1. The topological polar surface area (TPSA) is 97.2 Å². The van der Waals surface area contributed by atoms with Crippen molar-refractivity contribution in [1.29, 1.82) is 0 Å². The molecule has 1 aliphatic heterocycles. The fourth-order valence-electron chi connectivity index (χ4n) is 3.68. The van der Waals surface area contributed by atoms with E-state index in [9.17, 15) is 17.6 Å². The predicted octanol–water partition coefficient (Wildman–Crippen LogP) is 3.47. The Hall–Kier alpha value is -3.41. The number of aromatic nitrogens is 3. The Morgan fingerprint density at radius 3 is 2.82 bits per heavy atom. The minimum Gasteiger partial charge on any atom is -0.322 e. The molecule has 1 aliphatic rings. The van der Waals surface area contributed by atoms with Crippen LogP contribution >= 0.6 is 11.3 Å². The van der Waals surface area contributed by atoms with Gasteiger partial charge in [-0.1, -0.05) is 6.07 Å². The number of anilines is 1. The van der Waals surface area contributed by atoms with Crippen molar-refractivity contribution in [2.75, 3.05) is 11.9 Å². The lowest BCUT2D eigenvalue weighted by atomic mass is 10.1. The van der Waals surface area contributed by atoms with Crippen molar-refractivity contribution in [3.05, 3.63) is 88.4 Å². The first-order valence-corrected chi connectivity index (χ1v) is 12.4. The van der Waals surface area contributed by atoms with Crippen LogP contribution in [0.1, 0.15) is 20.8 Å². The minimum absolute atomic E-state index is 0.0431. The Labute approximate surface area is 193 Å². The van der Waals surface area contributed by atoms with Gasteiger partial charge in [0.05, 0.1) is 4.90 Å². The zero-order valence-electron chi connectivity index (χ0n) is 17.2. The second-order valence-electron chi connectivity index (χ2n) is 7.45. The van der Waals surface area contributed by atoms with Gasteiger partial charge in [0.1, 0.15) is 18.3 Å². The minimum atomic E-state index is -3.77. The van der Waals surface area contributed by atoms with Gasteiger partial charge in [0, 0.05) is 29.2 Å². The third-order valence-corrected chi connectivity index (χ3v) is 8.24. The molecule has 0 atom stereocenters. The largest absolute Gasteiger partial charge is 0.322 e. The van der Waals surface area contributed by atoms with Crippen molar-refractivity contribution in [3.8, 4) is 5.69 Å². The Balaban J connectivity index is 1.35. The molecule has 0 aliphatic carbocycles. The van der Waals surface area contributed by atoms with Crippen LogP contribution in [-0.4, -0.2) is 39.9 Å². The molecule has 0 saturated carbocycles. The summed E-state index contributed by atoms with van der Waals surface area (Å²) in [5.74, 6) is -1.13. The Kier molecular flexibility index (Phi) is 5.52. The highest BCUT2D eigenvalue weighted by atomic mass is 32.2. The van der Waals surface area contributed by atoms with Gasteiger partial charge in [-0.2, -0.15) is 9.40 Å². The molecule has 168 valence electrons. The molecule has 5 rings (SSSR count). The molecule has 1 N–H and O–H groups in total. The van der Waals surface area contributed by atoms with Crippen molar-refractivity contribution >= 4 is 33.0 Å². The fourth-order valence-corrected chi connectivity index (χ4v) is 6.04. The van der Waals surface area contributed by atoms with E-state index in [2.05, 4.69) is 15.4 Å². The molecule has 2 aromatic carbocycles. The van der Waals surface area contributed by atoms with Crippen molar-refractivity contribution in [3.63, 3.8) is 0 Å². The number of hydrogen-bond donors (Lipinski definition) is 1. The van der Waals surface area contributed by atoms with Gasteiger partial charge in [0.2, 0.25) is 10.0 Å². The van der Waals surface area contributed by atoms with Gasteiger partial charge in [-0.3, -0.25) is 4.79 Å². The zero-order chi connectivity index (χ0) is 23.0. The van der Waals surface area contributed by atoms with E-state index in [0.29, 0.717) is 19.5 Å². The number of fused-ring (bicyclic) bond motifs is 1. The molecule has 4 aromatic rings. The molecular weight excluding hydrogens is 465 g/mol. The molecular formula is C22H18FN5O3S2. The highest BCUT2D eigenvalue weighted by Gasteiger charge is 2.29. The van der Waals surface area contributed by atoms with E-state index in [-0.39, 0.29) is 21.8 Å². The van der Waals surface area contributed by atoms with E-state index in [0.717, 1.165) is 5.56 Å². The summed E-state index contributed by atoms with van der Waals surface area (Å²) in [6.45, 7) is 0.707. The van der Waals surface area contributed by atoms with E-state index < -0.39 is 21.7 Å². The summed E-state index contributed by atoms with van der Waals surface area (Å²) >= 11 is 1.63. The maximum atomic E-state index is 14.5. The number of nitrogens with one attached hydrogen (secondary N) is 1. The average Bonchev–Trinajstić information content (AvgIpc) is 3.51. The number of carbonyl (C=O) groups excluding carboxylic acids is 1. The summed E-state index contributed by atoms with van der Waals surface area (Å²) in [6, 6.07) is 12.0. The van der Waals surface area contributed by atoms with E-state index in [4.69, 9.17) is 0 Å². The maximum absolute atomic E-state index is 14.5. The summed E-state index contributed by atoms with van der Waals surface area (Å²) in [5, 5.41) is 8.46. The van der Waals surface area contributed by atoms with Crippen LogP contribution in [0.3, 0.4) is 0 Å². The SMILES string of the molecule is O=C(Nc1ccc(-n2cncn2)c(F)c1)c1cccc(S(=O)(=O)N2CCc3sccc3C2)c1. The summed E-state index contributed by atoms with van der Waals surface area (Å²) in [4.78, 5) is 17.8. The number of sulfonamides is 1. The monoisotopic (exact) mass is 483 g/mol. The van der Waals surface area contributed by atoms with Crippen LogP contribution in [0.4, 0.5) is 10.1 Å². The Morgan fingerprint density at radius 1 is 1.15 bits per heavy atom. The summed E-state index contributed by atoms with van der Waals surface area (Å²) in [5.41, 5.74) is 1.59. The second kappa shape index (κ2) is 8.50. The van der Waals surface area contributed by atoms with Gasteiger partial charge in [-0.15, -0.1) is 11.3 Å². The molecule has 0 saturated heterocycles. The van der Waals surface area contributed by atoms with E-state index in [1.165, 1.54) is 69.0 Å². The van der Waals surface area contributed by atoms with Crippen LogP contribution in [0.25, 0.3) is 5.69 Å². The first kappa shape index (κ1) is 21.4. The number of nitrogens with zero attached hydrogens (tertiary/aromatic N) is 4. The third kappa shape index (κ3) is 4.17. The first-order valence-electron chi connectivity index (χ1n) is 10.0. The maximum Gasteiger partial charge on any atom is 0.255 e. The molecule has 0 fully saturated rings. The van der Waals surface area contributed by atoms with Crippen molar-refractivity contribution in [1.82, 2.24) is 19.1 Å². The molecule has 0 radical (unpaired) electrons. The number of rotatable bonds is 5. The average molecular weight is 484 g/mol. The molecule has 2 aromatic heterocycles. The summed E-state index contributed by atoms with van der Waals surface area (Å²) in [7, 11) is -3.77. The molecule has 1 amide bonds. The van der Waals surface area contributed by atoms with Gasteiger partial charge in [0.15, 0.2) is 5.82 Å². The number of halogens is 1. The van der Waals surface area contributed by atoms with Crippen LogP contribution in [0.15, 0.2) is 71.5 Å². The lowest BCUT2D eigenvalue weighted by molar-refractivity contribution is 0.102. The first-order chi connectivity index (χ1) is 15.9. The third-order valence-electron chi connectivity index (χ3n) is 5.38. The van der Waals surface area contributed by atoms with Crippen molar-refractivity contribution in [2.24, 2.45) is 0 Å². The normalized spacial score (nSPS) is 14.1. The molecule has 0 bridgehead atoms. The molecule has 0 spiro atoms. The number of carbonyl (C=O) groups is 1. The summed E-state index contributed by atoms with van der Waals surface area (Å²) in [6.07, 6.45) is 3.33. The van der Waals surface area contributed by atoms with Crippen LogP contribution in [0, 0.1) is 5.82 Å². The smallest absolute Gasteiger partial charge is 0.255 e. The number of amides is 1. The number of hydrogen-bond acceptors (Lipinski definition) is 6. The Morgan fingerprint density at radius 2 is 2.03 bits per heavy atom.